The highest BCUT2D eigenvalue weighted by Crippen LogP contribution is 2.43. The van der Waals surface area contributed by atoms with Crippen molar-refractivity contribution in [1.82, 2.24) is 0 Å². The van der Waals surface area contributed by atoms with E-state index < -0.39 is 33.2 Å². The molecule has 0 aromatic heterocycles. The lowest BCUT2D eigenvalue weighted by Gasteiger charge is -2.16. The Bertz CT molecular complexity index is 520. The Kier molecular flexibility index (Phi) is 4.95. The molecule has 1 rings (SSSR count). The van der Waals surface area contributed by atoms with Crippen molar-refractivity contribution in [2.75, 3.05) is 11.5 Å². The Balaban J connectivity index is 3.29. The van der Waals surface area contributed by atoms with Gasteiger partial charge in [-0.25, -0.2) is 13.6 Å². The van der Waals surface area contributed by atoms with Gasteiger partial charge in [0.25, 0.3) is 10.2 Å². The highest BCUT2D eigenvalue weighted by molar-refractivity contribution is 6.75. The summed E-state index contributed by atoms with van der Waals surface area (Å²) in [5, 5.41) is -0.362. The maximum absolute atomic E-state index is 12.7. The van der Waals surface area contributed by atoms with Crippen LogP contribution in [0.15, 0.2) is 6.07 Å². The molecule has 19 heavy (non-hydrogen) atoms. The molecule has 0 heterocycles. The highest BCUT2D eigenvalue weighted by atomic mass is 35.6. The molecule has 4 nitrogen and oxygen atoms in total. The first-order valence-corrected chi connectivity index (χ1v) is 6.01. The molecule has 1 aromatic carbocycles. The molecule has 0 bridgehead atoms. The van der Waals surface area contributed by atoms with Gasteiger partial charge in [0.1, 0.15) is 0 Å². The molecule has 0 aliphatic carbocycles. The number of nitrogen functional groups attached to an aromatic ring is 2. The third-order valence-electron chi connectivity index (χ3n) is 1.98. The Morgan fingerprint density at radius 2 is 1.84 bits per heavy atom. The SMILES string of the molecule is Nc1cc(Cl)c(C(F)F)c(N)c1OC(=O)C(Cl)(Cl)Cl. The molecule has 0 fully saturated rings. The molecule has 0 atom stereocenters. The van der Waals surface area contributed by atoms with E-state index in [9.17, 15) is 13.6 Å². The van der Waals surface area contributed by atoms with Crippen molar-refractivity contribution in [3.05, 3.63) is 16.7 Å². The average molecular weight is 354 g/mol. The van der Waals surface area contributed by atoms with Crippen LogP contribution in [-0.4, -0.2) is 9.76 Å². The minimum absolute atomic E-state index is 0.241. The van der Waals surface area contributed by atoms with Gasteiger partial charge >= 0.3 is 5.97 Å². The lowest BCUT2D eigenvalue weighted by atomic mass is 10.1. The standard InChI is InChI=1S/C9H6Cl4F2N2O2/c10-2-1-3(16)6(5(17)4(2)7(14)15)19-8(18)9(11,12)13/h1,7H,16-17H2. The Morgan fingerprint density at radius 1 is 1.32 bits per heavy atom. The predicted molar refractivity (Wildman–Crippen MR) is 71.2 cm³/mol. The van der Waals surface area contributed by atoms with Crippen molar-refractivity contribution in [1.29, 1.82) is 0 Å². The number of rotatable bonds is 2. The van der Waals surface area contributed by atoms with Gasteiger partial charge in [-0.15, -0.1) is 0 Å². The molecule has 0 aliphatic rings. The van der Waals surface area contributed by atoms with Crippen molar-refractivity contribution in [3.63, 3.8) is 0 Å². The zero-order valence-corrected chi connectivity index (χ0v) is 11.9. The van der Waals surface area contributed by atoms with E-state index >= 15 is 0 Å². The summed E-state index contributed by atoms with van der Waals surface area (Å²) in [5.74, 6) is -1.87. The summed E-state index contributed by atoms with van der Waals surface area (Å²) in [6.45, 7) is 0. The number of halogens is 6. The van der Waals surface area contributed by atoms with Crippen LogP contribution in [0, 0.1) is 0 Å². The number of hydrogen-bond acceptors (Lipinski definition) is 4. The summed E-state index contributed by atoms with van der Waals surface area (Å²) in [7, 11) is 0. The van der Waals surface area contributed by atoms with Crippen LogP contribution in [0.2, 0.25) is 5.02 Å². The number of anilines is 2. The van der Waals surface area contributed by atoms with E-state index in [2.05, 4.69) is 4.74 Å². The number of hydrogen-bond donors (Lipinski definition) is 2. The lowest BCUT2D eigenvalue weighted by molar-refractivity contribution is -0.133. The van der Waals surface area contributed by atoms with Crippen molar-refractivity contribution < 1.29 is 18.3 Å². The molecule has 0 spiro atoms. The topological polar surface area (TPSA) is 78.3 Å². The molecular formula is C9H6Cl4F2N2O2. The molecule has 1 aromatic rings. The van der Waals surface area contributed by atoms with Crippen LogP contribution in [0.4, 0.5) is 20.2 Å². The molecule has 4 N–H and O–H groups in total. The molecule has 0 amide bonds. The minimum atomic E-state index is -2.99. The third kappa shape index (κ3) is 3.66. The maximum atomic E-state index is 12.7. The van der Waals surface area contributed by atoms with E-state index in [4.69, 9.17) is 57.9 Å². The number of ether oxygens (including phenoxy) is 1. The van der Waals surface area contributed by atoms with Crippen LogP contribution in [0.5, 0.6) is 5.75 Å². The van der Waals surface area contributed by atoms with Gasteiger partial charge in [-0.05, 0) is 6.07 Å². The van der Waals surface area contributed by atoms with Crippen molar-refractivity contribution >= 4 is 63.7 Å². The zero-order valence-electron chi connectivity index (χ0n) is 8.89. The van der Waals surface area contributed by atoms with E-state index in [1.807, 2.05) is 0 Å². The Morgan fingerprint density at radius 3 is 2.26 bits per heavy atom. The smallest absolute Gasteiger partial charge is 0.364 e. The second kappa shape index (κ2) is 5.75. The zero-order chi connectivity index (χ0) is 15.0. The van der Waals surface area contributed by atoms with Crippen LogP contribution in [-0.2, 0) is 4.79 Å². The maximum Gasteiger partial charge on any atom is 0.364 e. The lowest BCUT2D eigenvalue weighted by Crippen LogP contribution is -2.25. The molecule has 0 aliphatic heterocycles. The van der Waals surface area contributed by atoms with Crippen molar-refractivity contribution in [2.45, 2.75) is 10.2 Å². The first kappa shape index (κ1) is 16.4. The second-order valence-corrected chi connectivity index (χ2v) is 5.98. The quantitative estimate of drug-likeness (QED) is 0.367. The molecule has 10 heteroatoms. The van der Waals surface area contributed by atoms with Gasteiger partial charge in [0.15, 0.2) is 5.75 Å². The predicted octanol–water partition coefficient (Wildman–Crippen LogP) is 3.72. The van der Waals surface area contributed by atoms with E-state index in [-0.39, 0.29) is 10.7 Å². The van der Waals surface area contributed by atoms with Gasteiger partial charge in [0.2, 0.25) is 0 Å². The molecule has 106 valence electrons. The number of alkyl halides is 5. The van der Waals surface area contributed by atoms with E-state index in [0.717, 1.165) is 6.07 Å². The second-order valence-electron chi connectivity index (χ2n) is 3.29. The van der Waals surface area contributed by atoms with Gasteiger partial charge in [0.05, 0.1) is 22.0 Å². The van der Waals surface area contributed by atoms with Gasteiger partial charge < -0.3 is 16.2 Å². The number of nitrogens with two attached hydrogens (primary N) is 2. The number of esters is 1. The fraction of sp³-hybridized carbons (Fsp3) is 0.222. The summed E-state index contributed by atoms with van der Waals surface area (Å²) in [6, 6.07) is 0.959. The minimum Gasteiger partial charge on any atom is -0.419 e. The first-order valence-electron chi connectivity index (χ1n) is 4.50. The fourth-order valence-electron chi connectivity index (χ4n) is 1.17. The van der Waals surface area contributed by atoms with Crippen LogP contribution in [0.25, 0.3) is 0 Å². The van der Waals surface area contributed by atoms with Gasteiger partial charge in [-0.1, -0.05) is 46.4 Å². The third-order valence-corrected chi connectivity index (χ3v) is 2.76. The Labute approximate surface area is 126 Å². The number of carbonyl (C=O) groups is 1. The van der Waals surface area contributed by atoms with Crippen LogP contribution >= 0.6 is 46.4 Å². The molecule has 0 radical (unpaired) electrons. The molecule has 0 unspecified atom stereocenters. The monoisotopic (exact) mass is 352 g/mol. The van der Waals surface area contributed by atoms with Crippen molar-refractivity contribution in [3.8, 4) is 5.75 Å². The largest absolute Gasteiger partial charge is 0.419 e. The first-order chi connectivity index (χ1) is 8.55. The van der Waals surface area contributed by atoms with E-state index in [0.29, 0.717) is 0 Å². The molecule has 0 saturated carbocycles. The fourth-order valence-corrected chi connectivity index (χ4v) is 1.59. The van der Waals surface area contributed by atoms with Crippen LogP contribution in [0.3, 0.4) is 0 Å². The number of benzene rings is 1. The summed E-state index contributed by atoms with van der Waals surface area (Å²) in [6.07, 6.45) is -2.99. The molecular weight excluding hydrogens is 348 g/mol. The Hall–Kier alpha value is -0.690. The summed E-state index contributed by atoms with van der Waals surface area (Å²) in [4.78, 5) is 11.4. The van der Waals surface area contributed by atoms with Crippen molar-refractivity contribution in [2.24, 2.45) is 0 Å². The summed E-state index contributed by atoms with van der Waals surface area (Å²) >= 11 is 21.4. The normalized spacial score (nSPS) is 11.7. The van der Waals surface area contributed by atoms with Gasteiger partial charge in [-0.2, -0.15) is 0 Å². The average Bonchev–Trinajstić information content (AvgIpc) is 2.21. The van der Waals surface area contributed by atoms with Gasteiger partial charge in [0, 0.05) is 0 Å². The van der Waals surface area contributed by atoms with Crippen LogP contribution in [0.1, 0.15) is 12.0 Å². The van der Waals surface area contributed by atoms with E-state index in [1.54, 1.807) is 0 Å². The highest BCUT2D eigenvalue weighted by Gasteiger charge is 2.35. The van der Waals surface area contributed by atoms with Gasteiger partial charge in [-0.3, -0.25) is 0 Å². The summed E-state index contributed by atoms with van der Waals surface area (Å²) < 4.78 is 27.7. The van der Waals surface area contributed by atoms with Crippen LogP contribution < -0.4 is 16.2 Å². The molecule has 0 saturated heterocycles. The number of carbonyl (C=O) groups excluding carboxylic acids is 1. The summed E-state index contributed by atoms with van der Waals surface area (Å²) in [5.41, 5.74) is 9.34. The van der Waals surface area contributed by atoms with E-state index in [1.165, 1.54) is 0 Å².